The first-order valence-electron chi connectivity index (χ1n) is 5.58. The summed E-state index contributed by atoms with van der Waals surface area (Å²) in [7, 11) is 0. The molecule has 0 heterocycles. The number of ketones is 1. The summed E-state index contributed by atoms with van der Waals surface area (Å²) in [5, 5.41) is 0. The van der Waals surface area contributed by atoms with E-state index in [0.717, 1.165) is 24.2 Å². The fourth-order valence-corrected chi connectivity index (χ4v) is 2.24. The first kappa shape index (κ1) is 11.5. The highest BCUT2D eigenvalue weighted by molar-refractivity contribution is 7.99. The molecule has 1 nitrogen and oxygen atoms in total. The summed E-state index contributed by atoms with van der Waals surface area (Å²) in [4.78, 5) is 13.0. The highest BCUT2D eigenvalue weighted by Crippen LogP contribution is 2.33. The smallest absolute Gasteiger partial charge is 0.165 e. The Morgan fingerprint density at radius 1 is 1.38 bits per heavy atom. The summed E-state index contributed by atoms with van der Waals surface area (Å²) < 4.78 is 0. The minimum absolute atomic E-state index is 0.314. The summed E-state index contributed by atoms with van der Waals surface area (Å²) >= 11 is 1.76. The van der Waals surface area contributed by atoms with E-state index in [1.54, 1.807) is 11.8 Å². The van der Waals surface area contributed by atoms with Crippen molar-refractivity contribution >= 4 is 17.5 Å². The molecule has 1 saturated carbocycles. The van der Waals surface area contributed by atoms with Gasteiger partial charge in [0.05, 0.1) is 0 Å². The molecule has 2 rings (SSSR count). The number of hydrogen-bond acceptors (Lipinski definition) is 2. The van der Waals surface area contributed by atoms with Crippen LogP contribution in [0.1, 0.15) is 30.1 Å². The molecule has 84 valence electrons. The van der Waals surface area contributed by atoms with Gasteiger partial charge in [-0.15, -0.1) is 11.8 Å². The molecule has 1 fully saturated rings. The Kier molecular flexibility index (Phi) is 3.49. The number of benzene rings is 1. The average molecular weight is 232 g/mol. The lowest BCUT2D eigenvalue weighted by Crippen LogP contribution is -2.00. The van der Waals surface area contributed by atoms with E-state index >= 15 is 0 Å². The van der Waals surface area contributed by atoms with Gasteiger partial charge in [-0.1, -0.05) is 24.3 Å². The normalized spacial score (nSPS) is 14.8. The first-order valence-corrected chi connectivity index (χ1v) is 6.57. The van der Waals surface area contributed by atoms with E-state index in [1.165, 1.54) is 10.5 Å². The molecule has 1 aliphatic rings. The molecule has 0 N–H and O–H groups in total. The molecular weight excluding hydrogens is 216 g/mol. The third-order valence-corrected chi connectivity index (χ3v) is 3.81. The van der Waals surface area contributed by atoms with Crippen molar-refractivity contribution in [3.63, 3.8) is 0 Å². The van der Waals surface area contributed by atoms with Crippen LogP contribution in [0.2, 0.25) is 0 Å². The molecule has 0 saturated heterocycles. The van der Waals surface area contributed by atoms with Crippen LogP contribution in [0.5, 0.6) is 0 Å². The van der Waals surface area contributed by atoms with Gasteiger partial charge in [0.2, 0.25) is 0 Å². The van der Waals surface area contributed by atoms with Crippen molar-refractivity contribution in [3.8, 4) is 0 Å². The van der Waals surface area contributed by atoms with Gasteiger partial charge in [-0.05, 0) is 31.9 Å². The lowest BCUT2D eigenvalue weighted by molar-refractivity contribution is 0.0967. The number of Topliss-reactive ketones (excluding diaryl/α,β-unsaturated/α-hetero) is 1. The van der Waals surface area contributed by atoms with Crippen LogP contribution in [-0.2, 0) is 0 Å². The predicted molar refractivity (Wildman–Crippen MR) is 69.0 cm³/mol. The van der Waals surface area contributed by atoms with Gasteiger partial charge < -0.3 is 0 Å². The van der Waals surface area contributed by atoms with E-state index in [-0.39, 0.29) is 0 Å². The van der Waals surface area contributed by atoms with Gasteiger partial charge in [0.1, 0.15) is 0 Å². The van der Waals surface area contributed by atoms with Crippen molar-refractivity contribution < 1.29 is 4.79 Å². The molecule has 0 unspecified atom stereocenters. The van der Waals surface area contributed by atoms with Crippen molar-refractivity contribution in [1.29, 1.82) is 0 Å². The van der Waals surface area contributed by atoms with Crippen LogP contribution in [0, 0.1) is 5.92 Å². The molecule has 16 heavy (non-hydrogen) atoms. The van der Waals surface area contributed by atoms with E-state index in [2.05, 4.69) is 6.58 Å². The first-order chi connectivity index (χ1) is 7.66. The number of thioether (sulfide) groups is 1. The number of carbonyl (C=O) groups excluding carboxylic acids is 1. The molecule has 0 radical (unpaired) electrons. The van der Waals surface area contributed by atoms with Crippen molar-refractivity contribution in [3.05, 3.63) is 42.0 Å². The Labute approximate surface area is 101 Å². The van der Waals surface area contributed by atoms with Crippen molar-refractivity contribution in [2.75, 3.05) is 5.75 Å². The lowest BCUT2D eigenvalue weighted by atomic mass is 10.1. The van der Waals surface area contributed by atoms with Gasteiger partial charge in [-0.2, -0.15) is 0 Å². The Morgan fingerprint density at radius 2 is 2.00 bits per heavy atom. The standard InChI is InChI=1S/C14H16OS/c1-10(2)9-16-13-7-5-12(6-8-13)14(15)11-3-4-11/h5-8,11H,1,3-4,9H2,2H3. The molecule has 0 aromatic heterocycles. The predicted octanol–water partition coefficient (Wildman–Crippen LogP) is 3.95. The second kappa shape index (κ2) is 4.88. The van der Waals surface area contributed by atoms with Crippen molar-refractivity contribution in [2.24, 2.45) is 5.92 Å². The highest BCUT2D eigenvalue weighted by atomic mass is 32.2. The largest absolute Gasteiger partial charge is 0.294 e. The van der Waals surface area contributed by atoms with Crippen LogP contribution < -0.4 is 0 Å². The summed E-state index contributed by atoms with van der Waals surface area (Å²) in [5.74, 6) is 1.57. The fourth-order valence-electron chi connectivity index (χ4n) is 1.50. The number of rotatable bonds is 5. The number of carbonyl (C=O) groups is 1. The van der Waals surface area contributed by atoms with E-state index < -0.39 is 0 Å². The summed E-state index contributed by atoms with van der Waals surface area (Å²) in [6, 6.07) is 7.95. The topological polar surface area (TPSA) is 17.1 Å². The van der Waals surface area contributed by atoms with Crippen LogP contribution in [-0.4, -0.2) is 11.5 Å². The van der Waals surface area contributed by atoms with Gasteiger partial charge in [-0.25, -0.2) is 0 Å². The Bertz CT molecular complexity index is 401. The van der Waals surface area contributed by atoms with Crippen molar-refractivity contribution in [1.82, 2.24) is 0 Å². The third kappa shape index (κ3) is 2.99. The molecule has 0 bridgehead atoms. The molecule has 2 heteroatoms. The minimum atomic E-state index is 0.314. The maximum Gasteiger partial charge on any atom is 0.165 e. The minimum Gasteiger partial charge on any atom is -0.294 e. The SMILES string of the molecule is C=C(C)CSc1ccc(C(=O)C2CC2)cc1. The van der Waals surface area contributed by atoms with Gasteiger partial charge >= 0.3 is 0 Å². The zero-order valence-electron chi connectivity index (χ0n) is 9.53. The third-order valence-electron chi connectivity index (χ3n) is 2.57. The summed E-state index contributed by atoms with van der Waals surface area (Å²) in [6.45, 7) is 5.90. The molecular formula is C14H16OS. The van der Waals surface area contributed by atoms with Crippen LogP contribution in [0.25, 0.3) is 0 Å². The molecule has 0 aliphatic heterocycles. The summed E-state index contributed by atoms with van der Waals surface area (Å²) in [5.41, 5.74) is 2.03. The number of hydrogen-bond donors (Lipinski definition) is 0. The fraction of sp³-hybridized carbons (Fsp3) is 0.357. The van der Waals surface area contributed by atoms with E-state index in [1.807, 2.05) is 31.2 Å². The lowest BCUT2D eigenvalue weighted by Gasteiger charge is -2.03. The van der Waals surface area contributed by atoms with Crippen molar-refractivity contribution in [2.45, 2.75) is 24.7 Å². The quantitative estimate of drug-likeness (QED) is 0.434. The maximum atomic E-state index is 11.8. The molecule has 1 aromatic carbocycles. The van der Waals surface area contributed by atoms with Gasteiger partial charge in [-0.3, -0.25) is 4.79 Å². The van der Waals surface area contributed by atoms with Gasteiger partial charge in [0.15, 0.2) is 5.78 Å². The molecule has 0 amide bonds. The zero-order valence-corrected chi connectivity index (χ0v) is 10.3. The van der Waals surface area contributed by atoms with E-state index in [0.29, 0.717) is 11.7 Å². The second-order valence-corrected chi connectivity index (χ2v) is 5.46. The summed E-state index contributed by atoms with van der Waals surface area (Å²) in [6.07, 6.45) is 2.15. The van der Waals surface area contributed by atoms with Crippen LogP contribution >= 0.6 is 11.8 Å². The molecule has 0 atom stereocenters. The Balaban J connectivity index is 1.98. The second-order valence-electron chi connectivity index (χ2n) is 4.41. The van der Waals surface area contributed by atoms with E-state index in [4.69, 9.17) is 0 Å². The van der Waals surface area contributed by atoms with E-state index in [9.17, 15) is 4.79 Å². The Morgan fingerprint density at radius 3 is 2.50 bits per heavy atom. The average Bonchev–Trinajstić information content (AvgIpc) is 3.10. The monoisotopic (exact) mass is 232 g/mol. The van der Waals surface area contributed by atoms with Crippen LogP contribution in [0.4, 0.5) is 0 Å². The van der Waals surface area contributed by atoms with Crippen LogP contribution in [0.3, 0.4) is 0 Å². The molecule has 0 spiro atoms. The maximum absolute atomic E-state index is 11.8. The molecule has 1 aromatic rings. The highest BCUT2D eigenvalue weighted by Gasteiger charge is 2.30. The van der Waals surface area contributed by atoms with Gasteiger partial charge in [0.25, 0.3) is 0 Å². The van der Waals surface area contributed by atoms with Gasteiger partial charge in [0, 0.05) is 22.1 Å². The molecule has 1 aliphatic carbocycles. The van der Waals surface area contributed by atoms with Crippen LogP contribution in [0.15, 0.2) is 41.3 Å². The zero-order chi connectivity index (χ0) is 11.5. The Hall–Kier alpha value is -1.02.